The molecular formula is C25H23F2N5O2. The molecule has 174 valence electrons. The van der Waals surface area contributed by atoms with E-state index in [1.165, 1.54) is 37.6 Å². The monoisotopic (exact) mass is 463 g/mol. The molecule has 4 rings (SSSR count). The van der Waals surface area contributed by atoms with Crippen LogP contribution in [0.3, 0.4) is 0 Å². The van der Waals surface area contributed by atoms with Crippen LogP contribution in [0.4, 0.5) is 14.5 Å². The zero-order valence-electron chi connectivity index (χ0n) is 18.9. The van der Waals surface area contributed by atoms with Crippen LogP contribution in [0.25, 0.3) is 33.3 Å². The third-order valence-electron chi connectivity index (χ3n) is 5.16. The second-order valence-corrected chi connectivity index (χ2v) is 7.88. The molecule has 34 heavy (non-hydrogen) atoms. The summed E-state index contributed by atoms with van der Waals surface area (Å²) in [5.74, 6) is -1.74. The Morgan fingerprint density at radius 1 is 1.15 bits per heavy atom. The molecule has 0 unspecified atom stereocenters. The lowest BCUT2D eigenvalue weighted by atomic mass is 10.0. The zero-order chi connectivity index (χ0) is 24.2. The van der Waals surface area contributed by atoms with Gasteiger partial charge in [-0.2, -0.15) is 4.39 Å². The SMILES string of the molecule is COc1cc(-c2cnc3[nH]cc(-c4ccnc(F)c4)c3c2)cc(NC(=O)/C=C/CN(C)C)c1F. The van der Waals surface area contributed by atoms with E-state index in [1.54, 1.807) is 24.5 Å². The lowest BCUT2D eigenvalue weighted by molar-refractivity contribution is -0.111. The summed E-state index contributed by atoms with van der Waals surface area (Å²) in [4.78, 5) is 25.3. The van der Waals surface area contributed by atoms with Crippen LogP contribution < -0.4 is 10.1 Å². The average Bonchev–Trinajstić information content (AvgIpc) is 3.23. The predicted octanol–water partition coefficient (Wildman–Crippen LogP) is 4.64. The molecule has 0 radical (unpaired) electrons. The molecule has 0 spiro atoms. The van der Waals surface area contributed by atoms with Gasteiger partial charge < -0.3 is 19.9 Å². The van der Waals surface area contributed by atoms with E-state index in [9.17, 15) is 13.6 Å². The number of aromatic amines is 1. The number of fused-ring (bicyclic) bond motifs is 1. The summed E-state index contributed by atoms with van der Waals surface area (Å²) in [6, 6.07) is 7.97. The Labute approximate surface area is 195 Å². The fraction of sp³-hybridized carbons (Fsp3) is 0.160. The number of ether oxygens (including phenoxy) is 1. The van der Waals surface area contributed by atoms with Crippen LogP contribution in [-0.4, -0.2) is 53.5 Å². The van der Waals surface area contributed by atoms with Gasteiger partial charge in [-0.15, -0.1) is 0 Å². The fourth-order valence-corrected chi connectivity index (χ4v) is 3.52. The summed E-state index contributed by atoms with van der Waals surface area (Å²) in [5, 5.41) is 3.32. The number of rotatable bonds is 7. The number of nitrogens with zero attached hydrogens (tertiary/aromatic N) is 3. The molecule has 0 saturated carbocycles. The van der Waals surface area contributed by atoms with Gasteiger partial charge in [0, 0.05) is 53.8 Å². The number of aromatic nitrogens is 3. The second-order valence-electron chi connectivity index (χ2n) is 7.88. The minimum absolute atomic E-state index is 0.0144. The number of hydrogen-bond acceptors (Lipinski definition) is 5. The van der Waals surface area contributed by atoms with Gasteiger partial charge in [0.25, 0.3) is 0 Å². The fourth-order valence-electron chi connectivity index (χ4n) is 3.52. The van der Waals surface area contributed by atoms with Crippen molar-refractivity contribution in [1.29, 1.82) is 0 Å². The molecule has 0 fully saturated rings. The highest BCUT2D eigenvalue weighted by Crippen LogP contribution is 2.35. The average molecular weight is 463 g/mol. The van der Waals surface area contributed by atoms with E-state index in [-0.39, 0.29) is 11.4 Å². The Balaban J connectivity index is 1.73. The van der Waals surface area contributed by atoms with Gasteiger partial charge in [-0.05, 0) is 49.5 Å². The van der Waals surface area contributed by atoms with Gasteiger partial charge in [0.2, 0.25) is 11.9 Å². The molecule has 0 bridgehead atoms. The molecule has 0 aliphatic rings. The van der Waals surface area contributed by atoms with E-state index >= 15 is 0 Å². The first-order valence-corrected chi connectivity index (χ1v) is 10.4. The van der Waals surface area contributed by atoms with Gasteiger partial charge in [0.05, 0.1) is 12.8 Å². The summed E-state index contributed by atoms with van der Waals surface area (Å²) in [5.41, 5.74) is 3.25. The number of methoxy groups -OCH3 is 1. The van der Waals surface area contributed by atoms with Crippen LogP contribution >= 0.6 is 0 Å². The number of benzene rings is 1. The van der Waals surface area contributed by atoms with E-state index in [2.05, 4.69) is 20.3 Å². The molecule has 0 atom stereocenters. The minimum Gasteiger partial charge on any atom is -0.494 e. The first-order valence-electron chi connectivity index (χ1n) is 10.4. The number of H-pyrrole nitrogens is 1. The predicted molar refractivity (Wildman–Crippen MR) is 128 cm³/mol. The van der Waals surface area contributed by atoms with Gasteiger partial charge >= 0.3 is 0 Å². The molecule has 0 aliphatic carbocycles. The number of amides is 1. The molecule has 1 amide bonds. The largest absolute Gasteiger partial charge is 0.494 e. The van der Waals surface area contributed by atoms with Crippen molar-refractivity contribution < 1.29 is 18.3 Å². The number of carbonyl (C=O) groups excluding carboxylic acids is 1. The lowest BCUT2D eigenvalue weighted by Crippen LogP contribution is -2.13. The topological polar surface area (TPSA) is 83.1 Å². The Hall–Kier alpha value is -4.11. The van der Waals surface area contributed by atoms with Crippen molar-refractivity contribution in [1.82, 2.24) is 19.9 Å². The maximum absolute atomic E-state index is 14.9. The molecule has 0 saturated heterocycles. The van der Waals surface area contributed by atoms with Crippen molar-refractivity contribution in [2.24, 2.45) is 0 Å². The lowest BCUT2D eigenvalue weighted by Gasteiger charge is -2.12. The van der Waals surface area contributed by atoms with E-state index in [1.807, 2.05) is 25.1 Å². The van der Waals surface area contributed by atoms with Gasteiger partial charge in [-0.25, -0.2) is 14.4 Å². The molecule has 9 heteroatoms. The summed E-state index contributed by atoms with van der Waals surface area (Å²) in [6.07, 6.45) is 7.80. The molecule has 0 aliphatic heterocycles. The van der Waals surface area contributed by atoms with Crippen molar-refractivity contribution in [2.45, 2.75) is 0 Å². The summed E-state index contributed by atoms with van der Waals surface area (Å²) in [7, 11) is 5.11. The van der Waals surface area contributed by atoms with E-state index < -0.39 is 17.7 Å². The zero-order valence-corrected chi connectivity index (χ0v) is 18.9. The maximum Gasteiger partial charge on any atom is 0.248 e. The number of nitrogens with one attached hydrogen (secondary N) is 2. The number of anilines is 1. The number of carbonyl (C=O) groups is 1. The third-order valence-corrected chi connectivity index (χ3v) is 5.16. The number of halogens is 2. The molecule has 1 aromatic carbocycles. The van der Waals surface area contributed by atoms with Crippen LogP contribution in [0.5, 0.6) is 5.75 Å². The van der Waals surface area contributed by atoms with Gasteiger partial charge in [0.1, 0.15) is 5.65 Å². The summed E-state index contributed by atoms with van der Waals surface area (Å²) in [6.45, 7) is 0.575. The van der Waals surface area contributed by atoms with Crippen LogP contribution in [0, 0.1) is 11.8 Å². The van der Waals surface area contributed by atoms with E-state index in [0.29, 0.717) is 28.9 Å². The molecule has 3 aromatic heterocycles. The summed E-state index contributed by atoms with van der Waals surface area (Å²) < 4.78 is 33.7. The maximum atomic E-state index is 14.9. The number of likely N-dealkylation sites (N-methyl/N-ethyl adjacent to an activating group) is 1. The van der Waals surface area contributed by atoms with E-state index in [4.69, 9.17) is 4.74 Å². The number of pyridine rings is 2. The molecule has 7 nitrogen and oxygen atoms in total. The number of hydrogen-bond donors (Lipinski definition) is 2. The highest BCUT2D eigenvalue weighted by molar-refractivity contribution is 6.00. The van der Waals surface area contributed by atoms with Crippen molar-refractivity contribution in [2.75, 3.05) is 33.1 Å². The van der Waals surface area contributed by atoms with Crippen LogP contribution in [0.2, 0.25) is 0 Å². The van der Waals surface area contributed by atoms with Gasteiger partial charge in [-0.1, -0.05) is 6.08 Å². The molecule has 3 heterocycles. The highest BCUT2D eigenvalue weighted by Gasteiger charge is 2.16. The molecule has 2 N–H and O–H groups in total. The first-order chi connectivity index (χ1) is 16.4. The Morgan fingerprint density at radius 2 is 1.97 bits per heavy atom. The quantitative estimate of drug-likeness (QED) is 0.308. The molecular weight excluding hydrogens is 440 g/mol. The van der Waals surface area contributed by atoms with Gasteiger partial charge in [-0.3, -0.25) is 4.79 Å². The second kappa shape index (κ2) is 9.80. The van der Waals surface area contributed by atoms with Crippen LogP contribution in [-0.2, 0) is 4.79 Å². The smallest absolute Gasteiger partial charge is 0.248 e. The first kappa shape index (κ1) is 23.1. The van der Waals surface area contributed by atoms with E-state index in [0.717, 1.165) is 10.9 Å². The van der Waals surface area contributed by atoms with Gasteiger partial charge in [0.15, 0.2) is 11.6 Å². The van der Waals surface area contributed by atoms with Crippen molar-refractivity contribution in [3.8, 4) is 28.0 Å². The molecule has 4 aromatic rings. The van der Waals surface area contributed by atoms with Crippen LogP contribution in [0.1, 0.15) is 0 Å². The third kappa shape index (κ3) is 4.94. The Kier molecular flexibility index (Phi) is 6.65. The van der Waals surface area contributed by atoms with Crippen molar-refractivity contribution in [3.05, 3.63) is 72.8 Å². The Morgan fingerprint density at radius 3 is 2.71 bits per heavy atom. The van der Waals surface area contributed by atoms with Crippen molar-refractivity contribution in [3.63, 3.8) is 0 Å². The summed E-state index contributed by atoms with van der Waals surface area (Å²) >= 11 is 0. The van der Waals surface area contributed by atoms with Crippen LogP contribution in [0.15, 0.2) is 61.1 Å². The standard InChI is InChI=1S/C25H23F2N5O2/c1-32(2)8-4-5-23(33)31-20-10-16(11-21(34-3)24(20)27)17-9-18-19(14-30-25(18)29-13-17)15-6-7-28-22(26)12-15/h4-7,9-14H,8H2,1-3H3,(H,29,30)(H,31,33)/b5-4+. The highest BCUT2D eigenvalue weighted by atomic mass is 19.1. The van der Waals surface area contributed by atoms with Crippen molar-refractivity contribution >= 4 is 22.6 Å². The minimum atomic E-state index is -0.677. The normalized spacial score (nSPS) is 11.5. The Bertz CT molecular complexity index is 1380.